The monoisotopic (exact) mass is 408 g/mol. The van der Waals surface area contributed by atoms with Crippen molar-refractivity contribution >= 4 is 23.1 Å². The summed E-state index contributed by atoms with van der Waals surface area (Å²) in [7, 11) is 5.50. The number of aryl methyl sites for hydroxylation is 1. The molecule has 1 heterocycles. The maximum Gasteiger partial charge on any atom is 0.295 e. The molecule has 1 unspecified atom stereocenters. The van der Waals surface area contributed by atoms with Crippen LogP contribution in [0.5, 0.6) is 0 Å². The summed E-state index contributed by atoms with van der Waals surface area (Å²) in [5, 5.41) is 11.0. The Morgan fingerprint density at radius 2 is 1.70 bits per heavy atom. The van der Waals surface area contributed by atoms with Crippen LogP contribution in [0.15, 0.2) is 54.1 Å². The molecule has 0 bridgehead atoms. The van der Waals surface area contributed by atoms with Crippen molar-refractivity contribution in [2.45, 2.75) is 19.4 Å². The van der Waals surface area contributed by atoms with Crippen LogP contribution in [0.1, 0.15) is 29.2 Å². The van der Waals surface area contributed by atoms with Crippen LogP contribution in [0.3, 0.4) is 0 Å². The largest absolute Gasteiger partial charge is 0.507 e. The van der Waals surface area contributed by atoms with Crippen LogP contribution in [-0.4, -0.2) is 56.1 Å². The number of nitrogens with zero attached hydrogens (tertiary/aromatic N) is 2. The lowest BCUT2D eigenvalue weighted by atomic mass is 9.95. The number of carbonyl (C=O) groups excluding carboxylic acids is 2. The first-order chi connectivity index (χ1) is 14.3. The summed E-state index contributed by atoms with van der Waals surface area (Å²) in [4.78, 5) is 29.3. The number of anilines is 1. The maximum absolute atomic E-state index is 12.9. The molecule has 6 heteroatoms. The lowest BCUT2D eigenvalue weighted by molar-refractivity contribution is -0.140. The van der Waals surface area contributed by atoms with Crippen molar-refractivity contribution in [2.24, 2.45) is 0 Å². The fraction of sp³-hybridized carbons (Fsp3) is 0.333. The number of benzene rings is 2. The second kappa shape index (κ2) is 9.13. The van der Waals surface area contributed by atoms with E-state index in [9.17, 15) is 14.7 Å². The van der Waals surface area contributed by atoms with Crippen molar-refractivity contribution in [3.63, 3.8) is 0 Å². The summed E-state index contributed by atoms with van der Waals surface area (Å²) >= 11 is 0. The van der Waals surface area contributed by atoms with Gasteiger partial charge < -0.3 is 19.6 Å². The quantitative estimate of drug-likeness (QED) is 0.329. The third-order valence-electron chi connectivity index (χ3n) is 5.34. The molecule has 1 aliphatic rings. The number of amides is 1. The molecule has 1 atom stereocenters. The number of hydrogen-bond acceptors (Lipinski definition) is 5. The molecule has 2 aromatic rings. The highest BCUT2D eigenvalue weighted by molar-refractivity contribution is 6.46. The molecule has 3 rings (SSSR count). The van der Waals surface area contributed by atoms with Crippen LogP contribution in [-0.2, 0) is 14.3 Å². The van der Waals surface area contributed by atoms with Gasteiger partial charge in [-0.25, -0.2) is 0 Å². The number of Topliss-reactive ketones (excluding diaryl/α,β-unsaturated/α-hetero) is 1. The summed E-state index contributed by atoms with van der Waals surface area (Å²) in [5.74, 6) is -1.40. The predicted molar refractivity (Wildman–Crippen MR) is 117 cm³/mol. The highest BCUT2D eigenvalue weighted by Gasteiger charge is 2.45. The van der Waals surface area contributed by atoms with E-state index in [0.717, 1.165) is 16.8 Å². The van der Waals surface area contributed by atoms with Gasteiger partial charge >= 0.3 is 0 Å². The number of likely N-dealkylation sites (tertiary alicyclic amines) is 1. The summed E-state index contributed by atoms with van der Waals surface area (Å²) < 4.78 is 5.11. The topological polar surface area (TPSA) is 70.1 Å². The number of aliphatic hydroxyl groups is 1. The molecule has 1 fully saturated rings. The minimum Gasteiger partial charge on any atom is -0.507 e. The van der Waals surface area contributed by atoms with Gasteiger partial charge in [-0.05, 0) is 31.0 Å². The molecule has 0 spiro atoms. The van der Waals surface area contributed by atoms with Gasteiger partial charge in [0.15, 0.2) is 0 Å². The lowest BCUT2D eigenvalue weighted by Crippen LogP contribution is -2.31. The van der Waals surface area contributed by atoms with E-state index in [4.69, 9.17) is 4.74 Å². The molecule has 1 saturated heterocycles. The van der Waals surface area contributed by atoms with Crippen molar-refractivity contribution in [1.29, 1.82) is 0 Å². The van der Waals surface area contributed by atoms with Gasteiger partial charge in [0.05, 0.1) is 11.6 Å². The Morgan fingerprint density at radius 1 is 1.07 bits per heavy atom. The number of rotatable bonds is 7. The number of aliphatic hydroxyl groups excluding tert-OH is 1. The molecule has 1 aliphatic heterocycles. The van der Waals surface area contributed by atoms with E-state index in [2.05, 4.69) is 0 Å². The Morgan fingerprint density at radius 3 is 2.27 bits per heavy atom. The van der Waals surface area contributed by atoms with Gasteiger partial charge in [-0.2, -0.15) is 0 Å². The zero-order chi connectivity index (χ0) is 21.8. The number of hydrogen-bond donors (Lipinski definition) is 1. The van der Waals surface area contributed by atoms with Crippen LogP contribution in [0.2, 0.25) is 0 Å². The first-order valence-corrected chi connectivity index (χ1v) is 9.96. The number of ether oxygens (including phenoxy) is 1. The van der Waals surface area contributed by atoms with Crippen LogP contribution < -0.4 is 4.90 Å². The predicted octanol–water partition coefficient (Wildman–Crippen LogP) is 3.52. The summed E-state index contributed by atoms with van der Waals surface area (Å²) in [5.41, 5.74) is 3.48. The molecular formula is C24H28N2O4. The number of methoxy groups -OCH3 is 1. The van der Waals surface area contributed by atoms with E-state index in [1.165, 1.54) is 4.90 Å². The molecular weight excluding hydrogens is 380 g/mol. The minimum absolute atomic E-state index is 0.124. The van der Waals surface area contributed by atoms with Gasteiger partial charge in [0.25, 0.3) is 11.7 Å². The molecule has 158 valence electrons. The Kier molecular flexibility index (Phi) is 6.57. The fourth-order valence-corrected chi connectivity index (χ4v) is 3.66. The van der Waals surface area contributed by atoms with Crippen molar-refractivity contribution in [2.75, 3.05) is 39.3 Å². The molecule has 1 amide bonds. The number of carbonyl (C=O) groups is 2. The zero-order valence-electron chi connectivity index (χ0n) is 17.9. The summed E-state index contributed by atoms with van der Waals surface area (Å²) in [6, 6.07) is 14.3. The smallest absolute Gasteiger partial charge is 0.295 e. The molecule has 0 aliphatic carbocycles. The standard InChI is InChI=1S/C24H28N2O4/c1-16-6-8-18(9-7-16)22(27)20-21(17-10-12-19(13-11-17)25(2)3)26(14-5-15-30-4)24(29)23(20)28/h6-13,21,27H,5,14-15H2,1-4H3/b22-20+. The Hall–Kier alpha value is -3.12. The number of ketones is 1. The average Bonchev–Trinajstić information content (AvgIpc) is 2.99. The molecule has 30 heavy (non-hydrogen) atoms. The van der Waals surface area contributed by atoms with Crippen LogP contribution in [0.25, 0.3) is 5.76 Å². The molecule has 0 saturated carbocycles. The molecule has 0 radical (unpaired) electrons. The minimum atomic E-state index is -0.660. The molecule has 6 nitrogen and oxygen atoms in total. The summed E-state index contributed by atoms with van der Waals surface area (Å²) in [6.45, 7) is 2.79. The van der Waals surface area contributed by atoms with E-state index in [0.29, 0.717) is 25.1 Å². The first kappa shape index (κ1) is 21.6. The van der Waals surface area contributed by atoms with Gasteiger partial charge in [-0.1, -0.05) is 42.0 Å². The van der Waals surface area contributed by atoms with Crippen molar-refractivity contribution in [1.82, 2.24) is 4.90 Å². The van der Waals surface area contributed by atoms with Crippen LogP contribution >= 0.6 is 0 Å². The Labute approximate surface area is 177 Å². The van der Waals surface area contributed by atoms with E-state index in [1.54, 1.807) is 19.2 Å². The van der Waals surface area contributed by atoms with Crippen molar-refractivity contribution in [3.8, 4) is 0 Å². The van der Waals surface area contributed by atoms with Crippen molar-refractivity contribution < 1.29 is 19.4 Å². The highest BCUT2D eigenvalue weighted by atomic mass is 16.5. The van der Waals surface area contributed by atoms with Gasteiger partial charge in [0.1, 0.15) is 5.76 Å². The lowest BCUT2D eigenvalue weighted by Gasteiger charge is -2.26. The molecule has 2 aromatic carbocycles. The first-order valence-electron chi connectivity index (χ1n) is 9.96. The van der Waals surface area contributed by atoms with Gasteiger partial charge in [-0.3, -0.25) is 9.59 Å². The van der Waals surface area contributed by atoms with Gasteiger partial charge in [-0.15, -0.1) is 0 Å². The Bertz CT molecular complexity index is 946. The molecule has 0 aromatic heterocycles. The summed E-state index contributed by atoms with van der Waals surface area (Å²) in [6.07, 6.45) is 0.598. The van der Waals surface area contributed by atoms with Crippen molar-refractivity contribution in [3.05, 3.63) is 70.8 Å². The Balaban J connectivity index is 2.10. The van der Waals surface area contributed by atoms with Crippen LogP contribution in [0, 0.1) is 6.92 Å². The van der Waals surface area contributed by atoms with E-state index in [1.807, 2.05) is 62.3 Å². The normalized spacial score (nSPS) is 18.1. The second-order valence-electron chi connectivity index (χ2n) is 7.69. The van der Waals surface area contributed by atoms with Gasteiger partial charge in [0.2, 0.25) is 0 Å². The van der Waals surface area contributed by atoms with E-state index < -0.39 is 17.7 Å². The molecule has 1 N–H and O–H groups in total. The highest BCUT2D eigenvalue weighted by Crippen LogP contribution is 2.39. The van der Waals surface area contributed by atoms with Gasteiger partial charge in [0, 0.05) is 45.6 Å². The maximum atomic E-state index is 12.9. The zero-order valence-corrected chi connectivity index (χ0v) is 17.9. The van der Waals surface area contributed by atoms with Crippen LogP contribution in [0.4, 0.5) is 5.69 Å². The second-order valence-corrected chi connectivity index (χ2v) is 7.69. The van der Waals surface area contributed by atoms with E-state index >= 15 is 0 Å². The SMILES string of the molecule is COCCCN1C(=O)C(=O)/C(=C(/O)c2ccc(C)cc2)C1c1ccc(N(C)C)cc1. The average molecular weight is 408 g/mol. The third-order valence-corrected chi connectivity index (χ3v) is 5.34. The third kappa shape index (κ3) is 4.24. The van der Waals surface area contributed by atoms with E-state index in [-0.39, 0.29) is 11.3 Å². The fourth-order valence-electron chi connectivity index (χ4n) is 3.66.